The standard InChI is InChI=1S/C54H66ClN7O10S2/c1-32-40-28-35(16-17-41(40)62(59-32)42-18-19-43(63)58-49(42)65)34-20-23-60(24-21-34)51(67)57-37-14-10-12-33(26-37)31-74(68,69)61-25-22-39(29-54(61,8)9)56-38-15-11-13-36(27-38)47-45(55)46(70-30-44(64)71-52(2,3)4)48(73-47)50(66)72-53(5,6)7/h10-17,26-28,34,39,42,56H,18-25,29-31H2,1-9H3,(H,57,67)(H,58,63,65)/t39-,42?/m0/s1. The number of nitrogens with one attached hydrogen (secondary N) is 3. The molecule has 3 N–H and O–H groups in total. The minimum absolute atomic E-state index is 0.0350. The predicted octanol–water partition coefficient (Wildman–Crippen LogP) is 9.98. The largest absolute Gasteiger partial charge is 0.479 e. The molecular formula is C54H66ClN7O10S2. The molecule has 0 bridgehead atoms. The molecule has 5 aromatic rings. The summed E-state index contributed by atoms with van der Waals surface area (Å²) in [6.07, 6.45) is 3.23. The summed E-state index contributed by atoms with van der Waals surface area (Å²) in [7, 11) is -3.80. The van der Waals surface area contributed by atoms with Gasteiger partial charge in [0.2, 0.25) is 15.9 Å². The van der Waals surface area contributed by atoms with E-state index in [0.29, 0.717) is 54.0 Å². The molecular weight excluding hydrogens is 1010 g/mol. The number of halogens is 1. The molecule has 1 unspecified atom stereocenters. The summed E-state index contributed by atoms with van der Waals surface area (Å²) >= 11 is 8.03. The first kappa shape index (κ1) is 54.2. The van der Waals surface area contributed by atoms with Crippen molar-refractivity contribution < 1.29 is 46.6 Å². The van der Waals surface area contributed by atoms with Gasteiger partial charge in [0.1, 0.15) is 22.3 Å². The molecule has 17 nitrogen and oxygen atoms in total. The Morgan fingerprint density at radius 2 is 1.59 bits per heavy atom. The SMILES string of the molecule is Cc1nn(C2CCC(=O)NC2=O)c2ccc(C3CCN(C(=O)Nc4cccc(CS(=O)(=O)N5CC[C@H](Nc6cccc(-c7sc(C(=O)OC(C)(C)C)c(OCC(=O)OC(C)(C)C)c7Cl)c6)CC5(C)C)c4)CC3)cc12. The zero-order valence-corrected chi connectivity index (χ0v) is 45.8. The Balaban J connectivity index is 0.862. The number of fused-ring (bicyclic) bond motifs is 1. The normalized spacial score (nSPS) is 19.0. The third kappa shape index (κ3) is 12.7. The Morgan fingerprint density at radius 3 is 2.28 bits per heavy atom. The summed E-state index contributed by atoms with van der Waals surface area (Å²) in [4.78, 5) is 66.4. The average molecular weight is 1070 g/mol. The Labute approximate surface area is 441 Å². The zero-order valence-electron chi connectivity index (χ0n) is 43.4. The average Bonchev–Trinajstić information content (AvgIpc) is 3.81. The molecule has 2 atom stereocenters. The molecule has 74 heavy (non-hydrogen) atoms. The quantitative estimate of drug-likeness (QED) is 0.0744. The number of likely N-dealkylation sites (tertiary alicyclic amines) is 1. The molecule has 3 aromatic carbocycles. The first-order chi connectivity index (χ1) is 34.7. The zero-order chi connectivity index (χ0) is 53.5. The summed E-state index contributed by atoms with van der Waals surface area (Å²) in [5.41, 5.74) is 3.06. The van der Waals surface area contributed by atoms with Crippen molar-refractivity contribution in [2.75, 3.05) is 36.9 Å². The van der Waals surface area contributed by atoms with Gasteiger partial charge in [-0.05, 0) is 153 Å². The third-order valence-corrected chi connectivity index (χ3v) is 17.0. The smallest absolute Gasteiger partial charge is 0.352 e. The van der Waals surface area contributed by atoms with Crippen LogP contribution in [0.1, 0.15) is 132 Å². The van der Waals surface area contributed by atoms with Gasteiger partial charge < -0.3 is 29.7 Å². The highest BCUT2D eigenvalue weighted by Crippen LogP contribution is 2.47. The van der Waals surface area contributed by atoms with Crippen LogP contribution in [0.2, 0.25) is 5.02 Å². The predicted molar refractivity (Wildman–Crippen MR) is 286 cm³/mol. The number of thiophene rings is 1. The van der Waals surface area contributed by atoms with E-state index in [1.165, 1.54) is 0 Å². The van der Waals surface area contributed by atoms with E-state index in [-0.39, 0.29) is 64.2 Å². The second-order valence-corrected chi connectivity index (χ2v) is 25.3. The molecule has 3 saturated heterocycles. The van der Waals surface area contributed by atoms with E-state index in [0.717, 1.165) is 52.0 Å². The first-order valence-electron chi connectivity index (χ1n) is 25.0. The Morgan fingerprint density at radius 1 is 0.892 bits per heavy atom. The lowest BCUT2D eigenvalue weighted by Gasteiger charge is -2.45. The van der Waals surface area contributed by atoms with Crippen molar-refractivity contribution in [2.24, 2.45) is 0 Å². The third-order valence-electron chi connectivity index (χ3n) is 13.3. The maximum atomic E-state index is 14.2. The molecule has 3 fully saturated rings. The minimum Gasteiger partial charge on any atom is -0.479 e. The number of rotatable bonds is 13. The second kappa shape index (κ2) is 21.3. The molecule has 0 aliphatic carbocycles. The molecule has 0 saturated carbocycles. The van der Waals surface area contributed by atoms with Gasteiger partial charge in [-0.1, -0.05) is 41.9 Å². The van der Waals surface area contributed by atoms with Crippen LogP contribution < -0.4 is 20.7 Å². The second-order valence-electron chi connectivity index (χ2n) is 22.0. The Bertz CT molecular complexity index is 3090. The van der Waals surface area contributed by atoms with Gasteiger partial charge in [0, 0.05) is 54.4 Å². The summed E-state index contributed by atoms with van der Waals surface area (Å²) in [6, 6.07) is 19.8. The minimum atomic E-state index is -3.80. The van der Waals surface area contributed by atoms with Crippen molar-refractivity contribution in [3.05, 3.63) is 93.5 Å². The van der Waals surface area contributed by atoms with Crippen LogP contribution in [0.4, 0.5) is 16.2 Å². The summed E-state index contributed by atoms with van der Waals surface area (Å²) in [5.74, 6) is -1.84. The number of anilines is 2. The number of amides is 4. The van der Waals surface area contributed by atoms with Crippen LogP contribution >= 0.6 is 22.9 Å². The van der Waals surface area contributed by atoms with Crippen LogP contribution in [0.5, 0.6) is 5.75 Å². The van der Waals surface area contributed by atoms with Gasteiger partial charge in [-0.2, -0.15) is 9.40 Å². The van der Waals surface area contributed by atoms with Crippen LogP contribution in [0, 0.1) is 6.92 Å². The number of carbonyl (C=O) groups is 5. The number of carbonyl (C=O) groups excluding carboxylic acids is 5. The fourth-order valence-electron chi connectivity index (χ4n) is 10.0. The van der Waals surface area contributed by atoms with E-state index >= 15 is 0 Å². The number of hydrogen-bond acceptors (Lipinski definition) is 13. The first-order valence-corrected chi connectivity index (χ1v) is 27.8. The number of ether oxygens (including phenoxy) is 3. The number of imide groups is 1. The number of piperidine rings is 3. The molecule has 2 aromatic heterocycles. The van der Waals surface area contributed by atoms with Crippen molar-refractivity contribution >= 4 is 85.0 Å². The van der Waals surface area contributed by atoms with Gasteiger partial charge in [0.05, 0.1) is 21.8 Å². The van der Waals surface area contributed by atoms with E-state index in [1.807, 2.05) is 51.1 Å². The lowest BCUT2D eigenvalue weighted by Crippen LogP contribution is -2.55. The number of aryl methyl sites for hydroxylation is 1. The van der Waals surface area contributed by atoms with Gasteiger partial charge >= 0.3 is 18.0 Å². The van der Waals surface area contributed by atoms with Crippen molar-refractivity contribution in [3.8, 4) is 16.2 Å². The highest BCUT2D eigenvalue weighted by molar-refractivity contribution is 7.88. The van der Waals surface area contributed by atoms with Gasteiger partial charge in [0.25, 0.3) is 5.91 Å². The van der Waals surface area contributed by atoms with Crippen LogP contribution in [-0.4, -0.2) is 106 Å². The molecule has 396 valence electrons. The van der Waals surface area contributed by atoms with Gasteiger partial charge in [-0.15, -0.1) is 11.3 Å². The Kier molecular flexibility index (Phi) is 15.6. The summed E-state index contributed by atoms with van der Waals surface area (Å²) < 4.78 is 48.6. The summed E-state index contributed by atoms with van der Waals surface area (Å²) in [5, 5.41) is 14.8. The van der Waals surface area contributed by atoms with Crippen molar-refractivity contribution in [2.45, 2.75) is 141 Å². The Hall–Kier alpha value is -6.02. The van der Waals surface area contributed by atoms with Crippen LogP contribution in [-0.2, 0) is 39.6 Å². The maximum Gasteiger partial charge on any atom is 0.352 e. The van der Waals surface area contributed by atoms with E-state index in [1.54, 1.807) is 79.7 Å². The van der Waals surface area contributed by atoms with Crippen molar-refractivity contribution in [1.82, 2.24) is 24.3 Å². The molecule has 20 heteroatoms. The number of sulfonamides is 1. The molecule has 5 heterocycles. The summed E-state index contributed by atoms with van der Waals surface area (Å²) in [6.45, 7) is 17.2. The van der Waals surface area contributed by atoms with Crippen LogP contribution in [0.25, 0.3) is 21.3 Å². The topological polar surface area (TPSA) is 208 Å². The van der Waals surface area contributed by atoms with E-state index in [4.69, 9.17) is 25.8 Å². The fourth-order valence-corrected chi connectivity index (χ4v) is 13.5. The molecule has 4 amide bonds. The fraction of sp³-hybridized carbons (Fsp3) is 0.481. The van der Waals surface area contributed by atoms with Crippen molar-refractivity contribution in [1.29, 1.82) is 0 Å². The van der Waals surface area contributed by atoms with E-state index in [2.05, 4.69) is 33.2 Å². The highest BCUT2D eigenvalue weighted by Gasteiger charge is 2.42. The number of hydrogen-bond donors (Lipinski definition) is 3. The number of nitrogens with zero attached hydrogens (tertiary/aromatic N) is 4. The van der Waals surface area contributed by atoms with E-state index in [9.17, 15) is 32.4 Å². The molecule has 3 aliphatic rings. The number of aromatic nitrogens is 2. The van der Waals surface area contributed by atoms with E-state index < -0.39 is 51.4 Å². The van der Waals surface area contributed by atoms with Crippen LogP contribution in [0.3, 0.4) is 0 Å². The monoisotopic (exact) mass is 1070 g/mol. The molecule has 3 aliphatic heterocycles. The molecule has 0 radical (unpaired) electrons. The van der Waals surface area contributed by atoms with Gasteiger partial charge in [-0.25, -0.2) is 22.8 Å². The van der Waals surface area contributed by atoms with Gasteiger partial charge in [0.15, 0.2) is 17.2 Å². The lowest BCUT2D eigenvalue weighted by molar-refractivity contribution is -0.157. The molecule has 8 rings (SSSR count). The molecule has 0 spiro atoms. The highest BCUT2D eigenvalue weighted by atomic mass is 35.5. The van der Waals surface area contributed by atoms with Gasteiger partial charge in [-0.3, -0.25) is 19.6 Å². The number of benzene rings is 3. The lowest BCUT2D eigenvalue weighted by atomic mass is 9.88. The maximum absolute atomic E-state index is 14.2. The van der Waals surface area contributed by atoms with Crippen LogP contribution in [0.15, 0.2) is 66.7 Å². The number of urea groups is 1. The van der Waals surface area contributed by atoms with Crippen molar-refractivity contribution in [3.63, 3.8) is 0 Å². The number of esters is 2.